The highest BCUT2D eigenvalue weighted by molar-refractivity contribution is 7.89. The van der Waals surface area contributed by atoms with Crippen LogP contribution >= 0.6 is 0 Å². The van der Waals surface area contributed by atoms with Crippen molar-refractivity contribution in [1.82, 2.24) is 4.31 Å². The normalized spacial score (nSPS) is 15.0. The molecule has 0 saturated carbocycles. The molecule has 0 aromatic heterocycles. The molecule has 1 heterocycles. The summed E-state index contributed by atoms with van der Waals surface area (Å²) in [5, 5.41) is 0. The summed E-state index contributed by atoms with van der Waals surface area (Å²) in [6.07, 6.45) is 0.778. The third-order valence-corrected chi connectivity index (χ3v) is 5.97. The Balaban J connectivity index is 1.87. The number of hydrogen-bond donors (Lipinski definition) is 1. The van der Waals surface area contributed by atoms with Gasteiger partial charge in [0.05, 0.1) is 4.90 Å². The number of ether oxygens (including phenoxy) is 1. The Hall–Kier alpha value is -2.38. The molecule has 2 N–H and O–H groups in total. The molecule has 25 heavy (non-hydrogen) atoms. The van der Waals surface area contributed by atoms with Crippen molar-refractivity contribution < 1.29 is 17.9 Å². The highest BCUT2D eigenvalue weighted by Crippen LogP contribution is 2.28. The van der Waals surface area contributed by atoms with Gasteiger partial charge in [0.25, 0.3) is 0 Å². The quantitative estimate of drug-likeness (QED) is 0.878. The number of sulfonamides is 1. The molecule has 1 aliphatic rings. The summed E-state index contributed by atoms with van der Waals surface area (Å²) < 4.78 is 32.8. The van der Waals surface area contributed by atoms with Crippen LogP contribution in [0.25, 0.3) is 0 Å². The summed E-state index contributed by atoms with van der Waals surface area (Å²) in [4.78, 5) is 11.2. The molecule has 0 unspecified atom stereocenters. The molecule has 6 nitrogen and oxygen atoms in total. The Morgan fingerprint density at radius 3 is 2.64 bits per heavy atom. The third-order valence-electron chi connectivity index (χ3n) is 4.11. The SMILES string of the molecule is NC(=O)CCc1ccc2c(c1)CN(S(=O)(=O)c1ccccc1)CCO2. The number of primary amides is 1. The lowest BCUT2D eigenvalue weighted by Crippen LogP contribution is -2.32. The zero-order valence-electron chi connectivity index (χ0n) is 13.7. The minimum atomic E-state index is -3.59. The third kappa shape index (κ3) is 4.00. The molecule has 132 valence electrons. The van der Waals surface area contributed by atoms with Crippen LogP contribution in [0.2, 0.25) is 0 Å². The van der Waals surface area contributed by atoms with Crippen LogP contribution in [0, 0.1) is 0 Å². The van der Waals surface area contributed by atoms with E-state index in [1.807, 2.05) is 18.2 Å². The second kappa shape index (κ2) is 7.25. The minimum Gasteiger partial charge on any atom is -0.492 e. The highest BCUT2D eigenvalue weighted by Gasteiger charge is 2.27. The molecule has 1 amide bonds. The number of benzene rings is 2. The molecule has 1 aliphatic heterocycles. The van der Waals surface area contributed by atoms with Crippen LogP contribution in [-0.4, -0.2) is 31.8 Å². The van der Waals surface area contributed by atoms with Crippen molar-refractivity contribution in [3.05, 3.63) is 59.7 Å². The number of carbonyl (C=O) groups is 1. The Morgan fingerprint density at radius 1 is 1.16 bits per heavy atom. The molecule has 2 aromatic rings. The standard InChI is InChI=1S/C18H20N2O4S/c19-18(21)9-7-14-6-8-17-15(12-14)13-20(10-11-24-17)25(22,23)16-4-2-1-3-5-16/h1-6,8,12H,7,9-11,13H2,(H2,19,21). The Morgan fingerprint density at radius 2 is 1.92 bits per heavy atom. The maximum Gasteiger partial charge on any atom is 0.243 e. The first-order chi connectivity index (χ1) is 12.0. The average molecular weight is 360 g/mol. The van der Waals surface area contributed by atoms with Gasteiger partial charge in [0.15, 0.2) is 0 Å². The van der Waals surface area contributed by atoms with Crippen LogP contribution in [0.1, 0.15) is 17.5 Å². The van der Waals surface area contributed by atoms with E-state index in [4.69, 9.17) is 10.5 Å². The molecular weight excluding hydrogens is 340 g/mol. The Kier molecular flexibility index (Phi) is 5.06. The summed E-state index contributed by atoms with van der Waals surface area (Å²) in [5.41, 5.74) is 6.92. The number of rotatable bonds is 5. The zero-order valence-corrected chi connectivity index (χ0v) is 14.5. The topological polar surface area (TPSA) is 89.7 Å². The van der Waals surface area contributed by atoms with Gasteiger partial charge in [0, 0.05) is 25.1 Å². The molecule has 3 rings (SSSR count). The van der Waals surface area contributed by atoms with Crippen LogP contribution in [-0.2, 0) is 27.8 Å². The van der Waals surface area contributed by atoms with Crippen LogP contribution < -0.4 is 10.5 Å². The van der Waals surface area contributed by atoms with Crippen molar-refractivity contribution in [3.63, 3.8) is 0 Å². The first-order valence-electron chi connectivity index (χ1n) is 8.05. The molecule has 0 spiro atoms. The van der Waals surface area contributed by atoms with Crippen molar-refractivity contribution in [1.29, 1.82) is 0 Å². The van der Waals surface area contributed by atoms with Crippen molar-refractivity contribution in [2.75, 3.05) is 13.2 Å². The first kappa shape index (κ1) is 17.4. The number of nitrogens with two attached hydrogens (primary N) is 1. The molecule has 0 saturated heterocycles. The minimum absolute atomic E-state index is 0.233. The number of amides is 1. The van der Waals surface area contributed by atoms with Crippen LogP contribution in [0.5, 0.6) is 5.75 Å². The lowest BCUT2D eigenvalue weighted by molar-refractivity contribution is -0.117. The summed E-state index contributed by atoms with van der Waals surface area (Å²) >= 11 is 0. The van der Waals surface area contributed by atoms with E-state index in [-0.39, 0.29) is 30.3 Å². The van der Waals surface area contributed by atoms with Gasteiger partial charge >= 0.3 is 0 Å². The van der Waals surface area contributed by atoms with Crippen molar-refractivity contribution in [2.45, 2.75) is 24.3 Å². The Bertz CT molecular complexity index is 866. The lowest BCUT2D eigenvalue weighted by Gasteiger charge is -2.19. The van der Waals surface area contributed by atoms with Gasteiger partial charge in [-0.15, -0.1) is 0 Å². The van der Waals surface area contributed by atoms with Gasteiger partial charge in [-0.3, -0.25) is 4.79 Å². The van der Waals surface area contributed by atoms with E-state index >= 15 is 0 Å². The van der Waals surface area contributed by atoms with E-state index in [0.29, 0.717) is 18.8 Å². The number of carbonyl (C=O) groups excluding carboxylic acids is 1. The maximum atomic E-state index is 12.9. The summed E-state index contributed by atoms with van der Waals surface area (Å²) in [6.45, 7) is 0.805. The smallest absolute Gasteiger partial charge is 0.243 e. The average Bonchev–Trinajstić information content (AvgIpc) is 2.83. The lowest BCUT2D eigenvalue weighted by atomic mass is 10.1. The van der Waals surface area contributed by atoms with Gasteiger partial charge in [-0.05, 0) is 30.2 Å². The monoisotopic (exact) mass is 360 g/mol. The number of fused-ring (bicyclic) bond motifs is 1. The molecule has 0 radical (unpaired) electrons. The summed E-state index contributed by atoms with van der Waals surface area (Å²) in [7, 11) is -3.59. The molecule has 0 bridgehead atoms. The van der Waals surface area contributed by atoms with Gasteiger partial charge in [-0.2, -0.15) is 4.31 Å². The molecule has 0 aliphatic carbocycles. The number of hydrogen-bond acceptors (Lipinski definition) is 4. The van der Waals surface area contributed by atoms with E-state index in [1.54, 1.807) is 30.3 Å². The second-order valence-corrected chi connectivity index (χ2v) is 7.85. The summed E-state index contributed by atoms with van der Waals surface area (Å²) in [6, 6.07) is 14.0. The number of nitrogens with zero attached hydrogens (tertiary/aromatic N) is 1. The van der Waals surface area contributed by atoms with Gasteiger partial charge in [-0.25, -0.2) is 8.42 Å². The van der Waals surface area contributed by atoms with Gasteiger partial charge < -0.3 is 10.5 Å². The zero-order chi connectivity index (χ0) is 17.9. The van der Waals surface area contributed by atoms with Crippen LogP contribution in [0.15, 0.2) is 53.4 Å². The molecule has 2 aromatic carbocycles. The van der Waals surface area contributed by atoms with E-state index in [9.17, 15) is 13.2 Å². The van der Waals surface area contributed by atoms with Crippen molar-refractivity contribution in [3.8, 4) is 5.75 Å². The van der Waals surface area contributed by atoms with E-state index in [1.165, 1.54) is 4.31 Å². The molecular formula is C18H20N2O4S. The molecule has 7 heteroatoms. The van der Waals surface area contributed by atoms with Gasteiger partial charge in [0.2, 0.25) is 15.9 Å². The van der Waals surface area contributed by atoms with E-state index < -0.39 is 10.0 Å². The maximum absolute atomic E-state index is 12.9. The van der Waals surface area contributed by atoms with Crippen LogP contribution in [0.3, 0.4) is 0 Å². The van der Waals surface area contributed by atoms with E-state index in [2.05, 4.69) is 0 Å². The first-order valence-corrected chi connectivity index (χ1v) is 9.49. The van der Waals surface area contributed by atoms with Gasteiger partial charge in [0.1, 0.15) is 12.4 Å². The number of aryl methyl sites for hydroxylation is 1. The predicted octanol–water partition coefficient (Wildman–Crippen LogP) is 1.69. The van der Waals surface area contributed by atoms with Crippen LogP contribution in [0.4, 0.5) is 0 Å². The van der Waals surface area contributed by atoms with Crippen molar-refractivity contribution >= 4 is 15.9 Å². The fourth-order valence-electron chi connectivity index (χ4n) is 2.79. The second-order valence-electron chi connectivity index (χ2n) is 5.91. The Labute approximate surface area is 147 Å². The fourth-order valence-corrected chi connectivity index (χ4v) is 4.22. The van der Waals surface area contributed by atoms with Gasteiger partial charge in [-0.1, -0.05) is 30.3 Å². The molecule has 0 atom stereocenters. The fraction of sp³-hybridized carbons (Fsp3) is 0.278. The highest BCUT2D eigenvalue weighted by atomic mass is 32.2. The molecule has 0 fully saturated rings. The predicted molar refractivity (Wildman–Crippen MR) is 93.5 cm³/mol. The summed E-state index contributed by atoms with van der Waals surface area (Å²) in [5.74, 6) is 0.313. The van der Waals surface area contributed by atoms with E-state index in [0.717, 1.165) is 11.1 Å². The largest absolute Gasteiger partial charge is 0.492 e. The van der Waals surface area contributed by atoms with Crippen molar-refractivity contribution in [2.24, 2.45) is 5.73 Å².